The molecule has 10 nitrogen and oxygen atoms in total. The van der Waals surface area contributed by atoms with E-state index in [1.165, 1.54) is 12.1 Å². The van der Waals surface area contributed by atoms with Gasteiger partial charge in [-0.3, -0.25) is 20.2 Å². The fourth-order valence-electron chi connectivity index (χ4n) is 2.43. The molecule has 3 aromatic rings. The highest BCUT2D eigenvalue weighted by Gasteiger charge is 2.15. The molecule has 2 heterocycles. The first-order valence-electron chi connectivity index (χ1n) is 9.02. The molecule has 29 heavy (non-hydrogen) atoms. The van der Waals surface area contributed by atoms with Gasteiger partial charge in [0.05, 0.1) is 17.2 Å². The van der Waals surface area contributed by atoms with Crippen LogP contribution < -0.4 is 10.1 Å². The Balaban J connectivity index is 1.79. The molecule has 0 atom stereocenters. The third-order valence-electron chi connectivity index (χ3n) is 4.03. The number of anilines is 1. The van der Waals surface area contributed by atoms with Gasteiger partial charge in [0.25, 0.3) is 5.69 Å². The number of hydrogen-bond donors (Lipinski definition) is 1. The molecule has 1 amide bonds. The highest BCUT2D eigenvalue weighted by Crippen LogP contribution is 2.22. The van der Waals surface area contributed by atoms with Gasteiger partial charge in [0.1, 0.15) is 0 Å². The van der Waals surface area contributed by atoms with Gasteiger partial charge in [0.15, 0.2) is 11.2 Å². The summed E-state index contributed by atoms with van der Waals surface area (Å²) < 4.78 is 5.78. The average Bonchev–Trinajstić information content (AvgIpc) is 2.67. The number of nitrogens with zero attached hydrogens (tertiary/aromatic N) is 5. The summed E-state index contributed by atoms with van der Waals surface area (Å²) >= 11 is 0. The third kappa shape index (κ3) is 4.98. The van der Waals surface area contributed by atoms with Crippen LogP contribution in [0.5, 0.6) is 5.88 Å². The Morgan fingerprint density at radius 3 is 2.59 bits per heavy atom. The number of aryl methyl sites for hydroxylation is 1. The third-order valence-corrected chi connectivity index (χ3v) is 4.03. The maximum atomic E-state index is 12.0. The van der Waals surface area contributed by atoms with Crippen LogP contribution in [0.2, 0.25) is 0 Å². The van der Waals surface area contributed by atoms with Crippen LogP contribution in [0.15, 0.2) is 30.5 Å². The lowest BCUT2D eigenvalue weighted by Crippen LogP contribution is -2.20. The van der Waals surface area contributed by atoms with E-state index in [9.17, 15) is 14.9 Å². The molecule has 1 aromatic carbocycles. The Bertz CT molecular complexity index is 1050. The van der Waals surface area contributed by atoms with Crippen molar-refractivity contribution >= 4 is 28.7 Å². The van der Waals surface area contributed by atoms with Crippen LogP contribution in [0.25, 0.3) is 11.2 Å². The molecular formula is C19H20N6O4. The highest BCUT2D eigenvalue weighted by molar-refractivity contribution is 5.91. The van der Waals surface area contributed by atoms with Gasteiger partial charge < -0.3 is 4.74 Å². The molecule has 1 N–H and O–H groups in total. The zero-order valence-electron chi connectivity index (χ0n) is 16.2. The molecule has 0 saturated heterocycles. The number of nitro benzene ring substituents is 1. The number of non-ortho nitro benzene ring substituents is 1. The van der Waals surface area contributed by atoms with Crippen molar-refractivity contribution in [3.05, 3.63) is 51.8 Å². The molecule has 3 rings (SSSR count). The molecule has 0 aliphatic carbocycles. The summed E-state index contributed by atoms with van der Waals surface area (Å²) in [5.41, 5.74) is 2.30. The van der Waals surface area contributed by atoms with Crippen LogP contribution in [0.1, 0.15) is 25.1 Å². The Labute approximate surface area is 166 Å². The number of aromatic nitrogens is 4. The summed E-state index contributed by atoms with van der Waals surface area (Å²) in [7, 11) is 0. The zero-order chi connectivity index (χ0) is 21.0. The predicted octanol–water partition coefficient (Wildman–Crippen LogP) is 2.85. The van der Waals surface area contributed by atoms with E-state index in [1.54, 1.807) is 39.1 Å². The van der Waals surface area contributed by atoms with E-state index < -0.39 is 4.92 Å². The van der Waals surface area contributed by atoms with Gasteiger partial charge in [0.2, 0.25) is 17.7 Å². The summed E-state index contributed by atoms with van der Waals surface area (Å²) in [4.78, 5) is 39.4. The second kappa shape index (κ2) is 8.55. The second-order valence-corrected chi connectivity index (χ2v) is 6.70. The van der Waals surface area contributed by atoms with E-state index in [1.807, 2.05) is 0 Å². The number of hydrogen-bond acceptors (Lipinski definition) is 8. The number of carbonyl (C=O) groups is 1. The maximum absolute atomic E-state index is 12.0. The molecule has 0 fully saturated rings. The lowest BCUT2D eigenvalue weighted by molar-refractivity contribution is -0.384. The minimum Gasteiger partial charge on any atom is -0.476 e. The predicted molar refractivity (Wildman–Crippen MR) is 106 cm³/mol. The molecule has 0 spiro atoms. The lowest BCUT2D eigenvalue weighted by Gasteiger charge is -2.11. The summed E-state index contributed by atoms with van der Waals surface area (Å²) in [5, 5.41) is 13.4. The van der Waals surface area contributed by atoms with Gasteiger partial charge in [0, 0.05) is 30.7 Å². The van der Waals surface area contributed by atoms with Crippen LogP contribution in [0.4, 0.5) is 11.6 Å². The number of rotatable bonds is 7. The molecule has 0 radical (unpaired) electrons. The van der Waals surface area contributed by atoms with Crippen molar-refractivity contribution in [2.45, 2.75) is 27.2 Å². The summed E-state index contributed by atoms with van der Waals surface area (Å²) in [6, 6.07) is 6.25. The maximum Gasteiger partial charge on any atom is 0.269 e. The summed E-state index contributed by atoms with van der Waals surface area (Å²) in [6.07, 6.45) is 2.09. The number of benzene rings is 1. The van der Waals surface area contributed by atoms with Gasteiger partial charge in [-0.1, -0.05) is 26.0 Å². The number of nitrogens with one attached hydrogen (secondary N) is 1. The smallest absolute Gasteiger partial charge is 0.269 e. The molecule has 0 saturated carbocycles. The van der Waals surface area contributed by atoms with E-state index in [4.69, 9.17) is 4.74 Å². The number of carbonyl (C=O) groups excluding carboxylic acids is 1. The molecule has 10 heteroatoms. The molecular weight excluding hydrogens is 376 g/mol. The van der Waals surface area contributed by atoms with Crippen molar-refractivity contribution in [2.75, 3.05) is 11.9 Å². The fourth-order valence-corrected chi connectivity index (χ4v) is 2.43. The van der Waals surface area contributed by atoms with Crippen LogP contribution in [0.3, 0.4) is 0 Å². The standard InChI is InChI=1S/C19H20N6O4/c1-11(2)17(26)23-19-22-16-15(20-10-12(3)21-16)18(24-19)29-9-8-13-4-6-14(7-5-13)25(27)28/h4-7,10-11H,8-9H2,1-3H3,(H,21,22,23,24,26). The first kappa shape index (κ1) is 20.1. The SMILES string of the molecule is Cc1cnc2c(OCCc3ccc([N+](=O)[O-])cc3)nc(NC(=O)C(C)C)nc2n1. The van der Waals surface area contributed by atoms with Crippen LogP contribution >= 0.6 is 0 Å². The lowest BCUT2D eigenvalue weighted by atomic mass is 10.1. The van der Waals surface area contributed by atoms with E-state index in [2.05, 4.69) is 25.3 Å². The van der Waals surface area contributed by atoms with Gasteiger partial charge in [-0.25, -0.2) is 9.97 Å². The first-order chi connectivity index (χ1) is 13.8. The minimum absolute atomic E-state index is 0.0349. The van der Waals surface area contributed by atoms with Crippen molar-refractivity contribution in [3.8, 4) is 5.88 Å². The van der Waals surface area contributed by atoms with Crippen LogP contribution in [-0.4, -0.2) is 37.4 Å². The van der Waals surface area contributed by atoms with Crippen molar-refractivity contribution in [1.29, 1.82) is 0 Å². The fraction of sp³-hybridized carbons (Fsp3) is 0.316. The minimum atomic E-state index is -0.444. The van der Waals surface area contributed by atoms with Crippen molar-refractivity contribution < 1.29 is 14.5 Å². The molecule has 150 valence electrons. The molecule has 0 aliphatic heterocycles. The van der Waals surface area contributed by atoms with Gasteiger partial charge in [-0.05, 0) is 12.5 Å². The van der Waals surface area contributed by atoms with Crippen LogP contribution in [0, 0.1) is 23.0 Å². The normalized spacial score (nSPS) is 10.9. The average molecular weight is 396 g/mol. The molecule has 0 bridgehead atoms. The Hall–Kier alpha value is -3.69. The highest BCUT2D eigenvalue weighted by atomic mass is 16.6. The second-order valence-electron chi connectivity index (χ2n) is 6.70. The van der Waals surface area contributed by atoms with E-state index >= 15 is 0 Å². The van der Waals surface area contributed by atoms with Crippen LogP contribution in [-0.2, 0) is 11.2 Å². The monoisotopic (exact) mass is 396 g/mol. The van der Waals surface area contributed by atoms with Gasteiger partial charge in [-0.2, -0.15) is 9.97 Å². The summed E-state index contributed by atoms with van der Waals surface area (Å²) in [6.45, 7) is 5.58. The van der Waals surface area contributed by atoms with Gasteiger partial charge in [-0.15, -0.1) is 0 Å². The molecule has 0 aliphatic rings. The summed E-state index contributed by atoms with van der Waals surface area (Å²) in [5.74, 6) is -0.143. The van der Waals surface area contributed by atoms with Crippen molar-refractivity contribution in [2.24, 2.45) is 5.92 Å². The van der Waals surface area contributed by atoms with E-state index in [0.29, 0.717) is 23.3 Å². The Kier molecular flexibility index (Phi) is 5.91. The van der Waals surface area contributed by atoms with Crippen molar-refractivity contribution in [1.82, 2.24) is 19.9 Å². The molecule has 0 unspecified atom stereocenters. The van der Waals surface area contributed by atoms with Crippen molar-refractivity contribution in [3.63, 3.8) is 0 Å². The topological polar surface area (TPSA) is 133 Å². The number of amides is 1. The quantitative estimate of drug-likeness (QED) is 0.476. The Morgan fingerprint density at radius 2 is 1.93 bits per heavy atom. The molecule has 2 aromatic heterocycles. The van der Waals surface area contributed by atoms with E-state index in [0.717, 1.165) is 5.56 Å². The Morgan fingerprint density at radius 1 is 1.21 bits per heavy atom. The van der Waals surface area contributed by atoms with E-state index in [-0.39, 0.29) is 35.9 Å². The zero-order valence-corrected chi connectivity index (χ0v) is 16.2. The number of nitro groups is 1. The number of ether oxygens (including phenoxy) is 1. The number of fused-ring (bicyclic) bond motifs is 1. The van der Waals surface area contributed by atoms with Gasteiger partial charge >= 0.3 is 0 Å². The first-order valence-corrected chi connectivity index (χ1v) is 9.02. The largest absolute Gasteiger partial charge is 0.476 e.